The summed E-state index contributed by atoms with van der Waals surface area (Å²) in [4.78, 5) is 29.3. The molecule has 0 atom stereocenters. The molecule has 5 rings (SSSR count). The molecule has 1 fully saturated rings. The van der Waals surface area contributed by atoms with Gasteiger partial charge in [0.2, 0.25) is 5.82 Å². The number of nitrogens with zero attached hydrogens (tertiary/aromatic N) is 8. The highest BCUT2D eigenvalue weighted by Crippen LogP contribution is 2.33. The van der Waals surface area contributed by atoms with Gasteiger partial charge in [0.15, 0.2) is 11.6 Å². The topological polar surface area (TPSA) is 114 Å². The van der Waals surface area contributed by atoms with Crippen LogP contribution in [0, 0.1) is 5.92 Å². The Morgan fingerprint density at radius 3 is 2.74 bits per heavy atom. The highest BCUT2D eigenvalue weighted by Gasteiger charge is 2.38. The Morgan fingerprint density at radius 2 is 2.06 bits per heavy atom. The molecule has 4 aromatic rings. The Hall–Kier alpha value is -3.94. The lowest BCUT2D eigenvalue weighted by Crippen LogP contribution is -2.48. The van der Waals surface area contributed by atoms with Gasteiger partial charge in [0.25, 0.3) is 5.91 Å². The Balaban J connectivity index is 1.42. The maximum Gasteiger partial charge on any atom is 0.471 e. The average Bonchev–Trinajstić information content (AvgIpc) is 3.50. The maximum atomic E-state index is 12.8. The molecule has 0 saturated carbocycles. The van der Waals surface area contributed by atoms with Crippen molar-refractivity contribution in [2.75, 3.05) is 18.0 Å². The molecule has 1 saturated heterocycles. The third kappa shape index (κ3) is 4.82. The molecule has 0 radical (unpaired) electrons. The van der Waals surface area contributed by atoms with E-state index in [0.717, 1.165) is 4.88 Å². The van der Waals surface area contributed by atoms with E-state index in [0.29, 0.717) is 41.1 Å². The molecule has 0 bridgehead atoms. The van der Waals surface area contributed by atoms with Gasteiger partial charge in [-0.2, -0.15) is 23.3 Å². The third-order valence-electron chi connectivity index (χ3n) is 5.21. The molecule has 1 amide bonds. The van der Waals surface area contributed by atoms with Crippen LogP contribution >= 0.6 is 11.3 Å². The number of amides is 1. The lowest BCUT2D eigenvalue weighted by atomic mass is 10.0. The molecule has 0 N–H and O–H groups in total. The smallest absolute Gasteiger partial charge is 0.338 e. The number of alkyl halides is 3. The number of hydrogen-bond donors (Lipinski definition) is 0. The molecule has 180 valence electrons. The van der Waals surface area contributed by atoms with E-state index < -0.39 is 12.1 Å². The predicted octanol–water partition coefficient (Wildman–Crippen LogP) is 3.83. The van der Waals surface area contributed by atoms with Crippen LogP contribution in [0.3, 0.4) is 0 Å². The first-order chi connectivity index (χ1) is 16.8. The molecule has 1 aliphatic heterocycles. The van der Waals surface area contributed by atoms with Crippen molar-refractivity contribution in [2.45, 2.75) is 19.6 Å². The number of hydrogen-bond acceptors (Lipinski definition) is 10. The monoisotopic (exact) mass is 502 g/mol. The summed E-state index contributed by atoms with van der Waals surface area (Å²) in [5.74, 6) is -0.400. The molecular weight excluding hydrogens is 485 g/mol. The summed E-state index contributed by atoms with van der Waals surface area (Å²) < 4.78 is 42.7. The molecule has 14 heteroatoms. The van der Waals surface area contributed by atoms with Crippen LogP contribution in [0.1, 0.15) is 28.0 Å². The number of carbonyl (C=O) groups is 1. The Labute approximate surface area is 200 Å². The minimum Gasteiger partial charge on any atom is -0.338 e. The molecule has 10 nitrogen and oxygen atoms in total. The van der Waals surface area contributed by atoms with Crippen molar-refractivity contribution in [1.29, 1.82) is 0 Å². The van der Waals surface area contributed by atoms with Crippen LogP contribution in [-0.2, 0) is 12.7 Å². The lowest BCUT2D eigenvalue weighted by molar-refractivity contribution is -0.159. The van der Waals surface area contributed by atoms with Crippen molar-refractivity contribution in [3.8, 4) is 10.7 Å². The molecule has 0 aromatic carbocycles. The number of aromatic nitrogens is 6. The van der Waals surface area contributed by atoms with Crippen molar-refractivity contribution < 1.29 is 22.5 Å². The van der Waals surface area contributed by atoms with Gasteiger partial charge >= 0.3 is 12.1 Å². The Kier molecular flexibility index (Phi) is 5.88. The van der Waals surface area contributed by atoms with E-state index in [1.807, 2.05) is 0 Å². The minimum absolute atomic E-state index is 0.130. The normalized spacial score (nSPS) is 14.1. The summed E-state index contributed by atoms with van der Waals surface area (Å²) in [5, 5.41) is 11.6. The maximum absolute atomic E-state index is 12.8. The second kappa shape index (κ2) is 9.02. The van der Waals surface area contributed by atoms with Crippen LogP contribution in [0.15, 0.2) is 47.5 Å². The van der Waals surface area contributed by atoms with Gasteiger partial charge in [0.05, 0.1) is 29.4 Å². The van der Waals surface area contributed by atoms with Crippen molar-refractivity contribution >= 4 is 28.9 Å². The van der Waals surface area contributed by atoms with Gasteiger partial charge in [-0.1, -0.05) is 12.1 Å². The second-order valence-electron chi connectivity index (χ2n) is 7.95. The van der Waals surface area contributed by atoms with Crippen molar-refractivity contribution in [1.82, 2.24) is 35.2 Å². The van der Waals surface area contributed by atoms with E-state index in [4.69, 9.17) is 0 Å². The number of anilines is 2. The van der Waals surface area contributed by atoms with Gasteiger partial charge in [-0.05, 0) is 24.1 Å². The lowest BCUT2D eigenvalue weighted by Gasteiger charge is -2.37. The minimum atomic E-state index is -4.72. The van der Waals surface area contributed by atoms with Gasteiger partial charge in [0.1, 0.15) is 0 Å². The second-order valence-corrected chi connectivity index (χ2v) is 9.12. The van der Waals surface area contributed by atoms with Crippen molar-refractivity contribution in [2.24, 2.45) is 5.92 Å². The molecule has 1 aliphatic rings. The van der Waals surface area contributed by atoms with Gasteiger partial charge < -0.3 is 14.3 Å². The van der Waals surface area contributed by atoms with Crippen LogP contribution in [0.4, 0.5) is 24.8 Å². The van der Waals surface area contributed by atoms with E-state index in [9.17, 15) is 18.0 Å². The zero-order valence-electron chi connectivity index (χ0n) is 18.2. The SMILES string of the molecule is CC1CN(C(=O)c2cnnc(N(Cc3ccc(-c4noc(C(F)(F)F)n4)s3)c3cnccn3)c2)C1. The third-order valence-corrected chi connectivity index (χ3v) is 6.27. The van der Waals surface area contributed by atoms with E-state index in [2.05, 4.69) is 41.8 Å². The number of thiophene rings is 1. The Bertz CT molecular complexity index is 1340. The first-order valence-electron chi connectivity index (χ1n) is 10.4. The molecule has 0 unspecified atom stereocenters. The predicted molar refractivity (Wildman–Crippen MR) is 118 cm³/mol. The van der Waals surface area contributed by atoms with E-state index in [-0.39, 0.29) is 18.3 Å². The molecule has 35 heavy (non-hydrogen) atoms. The number of halogens is 3. The van der Waals surface area contributed by atoms with Crippen LogP contribution in [0.2, 0.25) is 0 Å². The first kappa shape index (κ1) is 22.8. The zero-order valence-corrected chi connectivity index (χ0v) is 19.0. The summed E-state index contributed by atoms with van der Waals surface area (Å²) in [5.41, 5.74) is 0.397. The highest BCUT2D eigenvalue weighted by molar-refractivity contribution is 7.15. The fourth-order valence-corrected chi connectivity index (χ4v) is 4.46. The van der Waals surface area contributed by atoms with Gasteiger partial charge in [0, 0.05) is 30.4 Å². The van der Waals surface area contributed by atoms with Gasteiger partial charge in [-0.25, -0.2) is 4.98 Å². The fraction of sp³-hybridized carbons (Fsp3) is 0.286. The molecule has 0 aliphatic carbocycles. The molecular formula is C21H17F3N8O2S. The van der Waals surface area contributed by atoms with Crippen molar-refractivity contribution in [3.05, 3.63) is 59.3 Å². The van der Waals surface area contributed by atoms with E-state index >= 15 is 0 Å². The number of rotatable bonds is 6. The summed E-state index contributed by atoms with van der Waals surface area (Å²) in [6, 6.07) is 4.98. The number of carbonyl (C=O) groups excluding carboxylic acids is 1. The summed E-state index contributed by atoms with van der Waals surface area (Å²) in [6.07, 6.45) is 1.28. The number of likely N-dealkylation sites (tertiary alicyclic amines) is 1. The average molecular weight is 502 g/mol. The fourth-order valence-electron chi connectivity index (χ4n) is 3.54. The molecule has 4 aromatic heterocycles. The summed E-state index contributed by atoms with van der Waals surface area (Å²) in [6.45, 7) is 3.69. The summed E-state index contributed by atoms with van der Waals surface area (Å²) >= 11 is 1.19. The first-order valence-corrected chi connectivity index (χ1v) is 11.2. The summed E-state index contributed by atoms with van der Waals surface area (Å²) in [7, 11) is 0. The Morgan fingerprint density at radius 1 is 1.23 bits per heavy atom. The van der Waals surface area contributed by atoms with Crippen LogP contribution < -0.4 is 4.90 Å². The van der Waals surface area contributed by atoms with Gasteiger partial charge in [-0.15, -0.1) is 16.4 Å². The van der Waals surface area contributed by atoms with Crippen molar-refractivity contribution in [3.63, 3.8) is 0 Å². The van der Waals surface area contributed by atoms with E-state index in [1.54, 1.807) is 28.0 Å². The van der Waals surface area contributed by atoms with Crippen LogP contribution in [0.25, 0.3) is 10.7 Å². The van der Waals surface area contributed by atoms with Gasteiger partial charge in [-0.3, -0.25) is 9.78 Å². The molecule has 0 spiro atoms. The zero-order chi connectivity index (χ0) is 24.6. The molecule has 5 heterocycles. The van der Waals surface area contributed by atoms with E-state index in [1.165, 1.54) is 36.1 Å². The quantitative estimate of drug-likeness (QED) is 0.388. The standard InChI is InChI=1S/C21H17F3N8O2S/c1-12-9-31(10-12)19(33)13-6-16(29-27-7-13)32(17-8-25-4-5-26-17)11-14-2-3-15(35-14)18-28-20(34-30-18)21(22,23)24/h2-8,12H,9-11H2,1H3. The highest BCUT2D eigenvalue weighted by atomic mass is 32.1. The van der Waals surface area contributed by atoms with Crippen LogP contribution in [-0.4, -0.2) is 54.2 Å². The van der Waals surface area contributed by atoms with Crippen LogP contribution in [0.5, 0.6) is 0 Å². The largest absolute Gasteiger partial charge is 0.471 e.